The molecule has 0 amide bonds. The molecule has 0 aromatic heterocycles. The van der Waals surface area contributed by atoms with Gasteiger partial charge in [-0.1, -0.05) is 18.2 Å². The molecule has 0 aliphatic carbocycles. The Hall–Kier alpha value is -0.820. The Morgan fingerprint density at radius 3 is 2.23 bits per heavy atom. The van der Waals surface area contributed by atoms with Crippen molar-refractivity contribution in [1.29, 1.82) is 0 Å². The van der Waals surface area contributed by atoms with Crippen molar-refractivity contribution in [2.75, 3.05) is 0 Å². The maximum Gasteiger partial charge on any atom is 0.0515 e. The quantitative estimate of drug-likeness (QED) is 0.754. The van der Waals surface area contributed by atoms with Gasteiger partial charge in [0, 0.05) is 0 Å². The first-order chi connectivity index (χ1) is 6.11. The van der Waals surface area contributed by atoms with Gasteiger partial charge in [0.25, 0.3) is 0 Å². The summed E-state index contributed by atoms with van der Waals surface area (Å²) in [7, 11) is 0. The largest absolute Gasteiger partial charge is 0.393 e. The third-order valence-electron chi connectivity index (χ3n) is 2.46. The molecule has 72 valence electrons. The first-order valence-electron chi connectivity index (χ1n) is 4.84. The topological polar surface area (TPSA) is 20.2 Å². The van der Waals surface area contributed by atoms with Crippen LogP contribution < -0.4 is 0 Å². The first kappa shape index (κ1) is 10.3. The van der Waals surface area contributed by atoms with Gasteiger partial charge in [-0.15, -0.1) is 0 Å². The normalized spacial score (nSPS) is 12.9. The van der Waals surface area contributed by atoms with Crippen molar-refractivity contribution >= 4 is 0 Å². The number of rotatable bonds is 3. The van der Waals surface area contributed by atoms with E-state index in [1.54, 1.807) is 0 Å². The van der Waals surface area contributed by atoms with Gasteiger partial charge in [-0.2, -0.15) is 0 Å². The minimum atomic E-state index is -0.195. The SMILES string of the molecule is Cc1cccc(C)c1CC[C@H](C)O. The Kier molecular flexibility index (Phi) is 3.49. The fourth-order valence-corrected chi connectivity index (χ4v) is 1.60. The molecule has 0 spiro atoms. The van der Waals surface area contributed by atoms with Gasteiger partial charge >= 0.3 is 0 Å². The number of aliphatic hydroxyl groups is 1. The maximum atomic E-state index is 9.20. The van der Waals surface area contributed by atoms with Crippen molar-refractivity contribution in [2.24, 2.45) is 0 Å². The summed E-state index contributed by atoms with van der Waals surface area (Å²) in [6, 6.07) is 6.34. The summed E-state index contributed by atoms with van der Waals surface area (Å²) < 4.78 is 0. The summed E-state index contributed by atoms with van der Waals surface area (Å²) in [6.07, 6.45) is 1.64. The molecule has 0 unspecified atom stereocenters. The van der Waals surface area contributed by atoms with Gasteiger partial charge in [0.2, 0.25) is 0 Å². The van der Waals surface area contributed by atoms with Crippen LogP contribution in [0.1, 0.15) is 30.0 Å². The lowest BCUT2D eigenvalue weighted by atomic mass is 9.98. The average molecular weight is 178 g/mol. The Balaban J connectivity index is 2.75. The predicted octanol–water partition coefficient (Wildman–Crippen LogP) is 2.62. The lowest BCUT2D eigenvalue weighted by Gasteiger charge is -2.10. The molecule has 1 aromatic carbocycles. The van der Waals surface area contributed by atoms with E-state index in [1.165, 1.54) is 16.7 Å². The van der Waals surface area contributed by atoms with Crippen LogP contribution in [0.2, 0.25) is 0 Å². The van der Waals surface area contributed by atoms with E-state index in [1.807, 2.05) is 6.92 Å². The summed E-state index contributed by atoms with van der Waals surface area (Å²) in [4.78, 5) is 0. The Bertz CT molecular complexity index is 256. The van der Waals surface area contributed by atoms with Gasteiger partial charge in [0.15, 0.2) is 0 Å². The van der Waals surface area contributed by atoms with Crippen LogP contribution in [0.4, 0.5) is 0 Å². The molecule has 0 fully saturated rings. The zero-order valence-electron chi connectivity index (χ0n) is 8.67. The summed E-state index contributed by atoms with van der Waals surface area (Å²) >= 11 is 0. The third kappa shape index (κ3) is 2.85. The molecule has 0 saturated heterocycles. The van der Waals surface area contributed by atoms with E-state index in [9.17, 15) is 5.11 Å². The van der Waals surface area contributed by atoms with Crippen molar-refractivity contribution in [3.8, 4) is 0 Å². The van der Waals surface area contributed by atoms with E-state index in [0.29, 0.717) is 0 Å². The van der Waals surface area contributed by atoms with E-state index >= 15 is 0 Å². The van der Waals surface area contributed by atoms with Gasteiger partial charge in [-0.05, 0) is 50.3 Å². The second-order valence-corrected chi connectivity index (χ2v) is 3.76. The predicted molar refractivity (Wildman–Crippen MR) is 55.9 cm³/mol. The molecule has 0 bridgehead atoms. The van der Waals surface area contributed by atoms with Crippen molar-refractivity contribution in [2.45, 2.75) is 39.7 Å². The smallest absolute Gasteiger partial charge is 0.0515 e. The summed E-state index contributed by atoms with van der Waals surface area (Å²) in [5, 5.41) is 9.20. The van der Waals surface area contributed by atoms with Crippen LogP contribution in [0.3, 0.4) is 0 Å². The van der Waals surface area contributed by atoms with Crippen LogP contribution in [0.25, 0.3) is 0 Å². The Labute approximate surface area is 80.4 Å². The van der Waals surface area contributed by atoms with Gasteiger partial charge in [0.05, 0.1) is 6.10 Å². The molecule has 0 aliphatic rings. The van der Waals surface area contributed by atoms with Crippen molar-refractivity contribution in [3.05, 3.63) is 34.9 Å². The third-order valence-corrected chi connectivity index (χ3v) is 2.46. The highest BCUT2D eigenvalue weighted by atomic mass is 16.3. The summed E-state index contributed by atoms with van der Waals surface area (Å²) in [5.41, 5.74) is 4.06. The van der Waals surface area contributed by atoms with Crippen molar-refractivity contribution in [3.63, 3.8) is 0 Å². The maximum absolute atomic E-state index is 9.20. The monoisotopic (exact) mass is 178 g/mol. The standard InChI is InChI=1S/C12H18O/c1-9-5-4-6-10(2)12(9)8-7-11(3)13/h4-6,11,13H,7-8H2,1-3H3/t11-/m0/s1. The molecule has 0 heterocycles. The highest BCUT2D eigenvalue weighted by Gasteiger charge is 2.03. The average Bonchev–Trinajstić information content (AvgIpc) is 2.03. The number of aliphatic hydroxyl groups excluding tert-OH is 1. The van der Waals surface area contributed by atoms with Gasteiger partial charge in [-0.25, -0.2) is 0 Å². The van der Waals surface area contributed by atoms with Gasteiger partial charge in [-0.3, -0.25) is 0 Å². The van der Waals surface area contributed by atoms with Crippen molar-refractivity contribution in [1.82, 2.24) is 0 Å². The molecular weight excluding hydrogens is 160 g/mol. The van der Waals surface area contributed by atoms with E-state index in [0.717, 1.165) is 12.8 Å². The van der Waals surface area contributed by atoms with Crippen LogP contribution >= 0.6 is 0 Å². The second kappa shape index (κ2) is 4.43. The Morgan fingerprint density at radius 2 is 1.77 bits per heavy atom. The van der Waals surface area contributed by atoms with Gasteiger partial charge < -0.3 is 5.11 Å². The molecule has 13 heavy (non-hydrogen) atoms. The Morgan fingerprint density at radius 1 is 1.23 bits per heavy atom. The van der Waals surface area contributed by atoms with E-state index in [4.69, 9.17) is 0 Å². The molecule has 1 rings (SSSR count). The molecule has 0 aliphatic heterocycles. The molecule has 0 radical (unpaired) electrons. The number of hydrogen-bond donors (Lipinski definition) is 1. The molecule has 1 atom stereocenters. The fraction of sp³-hybridized carbons (Fsp3) is 0.500. The van der Waals surface area contributed by atoms with E-state index in [2.05, 4.69) is 32.0 Å². The number of benzene rings is 1. The zero-order chi connectivity index (χ0) is 9.84. The van der Waals surface area contributed by atoms with Crippen LogP contribution in [0.5, 0.6) is 0 Å². The zero-order valence-corrected chi connectivity index (χ0v) is 8.67. The molecular formula is C12H18O. The minimum absolute atomic E-state index is 0.195. The fourth-order valence-electron chi connectivity index (χ4n) is 1.60. The lowest BCUT2D eigenvalue weighted by molar-refractivity contribution is 0.185. The summed E-state index contributed by atoms with van der Waals surface area (Å²) in [5.74, 6) is 0. The van der Waals surface area contributed by atoms with Crippen LogP contribution in [-0.2, 0) is 6.42 Å². The number of hydrogen-bond acceptors (Lipinski definition) is 1. The molecule has 1 aromatic rings. The van der Waals surface area contributed by atoms with Crippen LogP contribution in [0.15, 0.2) is 18.2 Å². The molecule has 1 N–H and O–H groups in total. The van der Waals surface area contributed by atoms with Gasteiger partial charge in [0.1, 0.15) is 0 Å². The highest BCUT2D eigenvalue weighted by Crippen LogP contribution is 2.15. The lowest BCUT2D eigenvalue weighted by Crippen LogP contribution is -2.03. The van der Waals surface area contributed by atoms with Crippen molar-refractivity contribution < 1.29 is 5.11 Å². The van der Waals surface area contributed by atoms with Crippen LogP contribution in [0, 0.1) is 13.8 Å². The molecule has 1 heteroatoms. The van der Waals surface area contributed by atoms with Crippen LogP contribution in [-0.4, -0.2) is 11.2 Å². The summed E-state index contributed by atoms with van der Waals surface area (Å²) in [6.45, 7) is 6.10. The molecule has 1 nitrogen and oxygen atoms in total. The minimum Gasteiger partial charge on any atom is -0.393 e. The molecule has 0 saturated carbocycles. The first-order valence-corrected chi connectivity index (χ1v) is 4.84. The van der Waals surface area contributed by atoms with E-state index in [-0.39, 0.29) is 6.10 Å². The highest BCUT2D eigenvalue weighted by molar-refractivity contribution is 5.33. The second-order valence-electron chi connectivity index (χ2n) is 3.76. The van der Waals surface area contributed by atoms with E-state index < -0.39 is 0 Å². The number of aryl methyl sites for hydroxylation is 2.